The van der Waals surface area contributed by atoms with Gasteiger partial charge in [0.25, 0.3) is 0 Å². The number of aromatic nitrogens is 1. The van der Waals surface area contributed by atoms with E-state index in [1.54, 1.807) is 12.1 Å². The van der Waals surface area contributed by atoms with E-state index in [4.69, 9.17) is 0 Å². The van der Waals surface area contributed by atoms with Gasteiger partial charge in [-0.15, -0.1) is 0 Å². The number of aromatic amines is 1. The molecule has 0 radical (unpaired) electrons. The molecule has 1 nitrogen and oxygen atoms in total. The molecule has 17 heavy (non-hydrogen) atoms. The number of halogens is 1. The molecule has 0 spiro atoms. The Bertz CT molecular complexity index is 682. The molecule has 1 aromatic heterocycles. The van der Waals surface area contributed by atoms with E-state index in [9.17, 15) is 4.39 Å². The lowest BCUT2D eigenvalue weighted by molar-refractivity contribution is 0.631. The van der Waals surface area contributed by atoms with Crippen LogP contribution in [0.1, 0.15) is 5.56 Å². The van der Waals surface area contributed by atoms with Gasteiger partial charge in [0, 0.05) is 22.2 Å². The van der Waals surface area contributed by atoms with Crippen LogP contribution in [0.2, 0.25) is 0 Å². The minimum absolute atomic E-state index is 0.198. The predicted molar refractivity (Wildman–Crippen MR) is 68.4 cm³/mol. The van der Waals surface area contributed by atoms with E-state index in [0.29, 0.717) is 5.56 Å². The molecule has 0 unspecified atom stereocenters. The van der Waals surface area contributed by atoms with Crippen molar-refractivity contribution in [2.75, 3.05) is 0 Å². The van der Waals surface area contributed by atoms with Crippen LogP contribution in [0.25, 0.3) is 22.2 Å². The molecular weight excluding hydrogens is 213 g/mol. The minimum Gasteiger partial charge on any atom is -0.354 e. The van der Waals surface area contributed by atoms with Gasteiger partial charge >= 0.3 is 0 Å². The Labute approximate surface area is 98.9 Å². The number of benzene rings is 2. The average molecular weight is 225 g/mol. The summed E-state index contributed by atoms with van der Waals surface area (Å²) in [5, 5.41) is 1.11. The van der Waals surface area contributed by atoms with Crippen LogP contribution >= 0.6 is 0 Å². The summed E-state index contributed by atoms with van der Waals surface area (Å²) in [6.07, 6.45) is 0. The first-order chi connectivity index (χ1) is 8.24. The molecule has 1 heterocycles. The van der Waals surface area contributed by atoms with Gasteiger partial charge in [0.15, 0.2) is 0 Å². The molecule has 3 aromatic rings. The van der Waals surface area contributed by atoms with Crippen LogP contribution < -0.4 is 0 Å². The van der Waals surface area contributed by atoms with Gasteiger partial charge in [-0.05, 0) is 37.3 Å². The smallest absolute Gasteiger partial charge is 0.132 e. The highest BCUT2D eigenvalue weighted by molar-refractivity contribution is 5.86. The topological polar surface area (TPSA) is 15.8 Å². The normalized spacial score (nSPS) is 10.9. The molecule has 0 bridgehead atoms. The highest BCUT2D eigenvalue weighted by atomic mass is 19.1. The number of fused-ring (bicyclic) bond motifs is 1. The van der Waals surface area contributed by atoms with E-state index in [2.05, 4.69) is 18.0 Å². The van der Waals surface area contributed by atoms with Crippen LogP contribution in [0.4, 0.5) is 4.39 Å². The maximum Gasteiger partial charge on any atom is 0.132 e. The van der Waals surface area contributed by atoms with Crippen molar-refractivity contribution in [2.45, 2.75) is 6.92 Å². The van der Waals surface area contributed by atoms with Gasteiger partial charge in [-0.25, -0.2) is 4.39 Å². The molecule has 2 heteroatoms. The first-order valence-corrected chi connectivity index (χ1v) is 5.58. The number of H-pyrrole nitrogens is 1. The van der Waals surface area contributed by atoms with Gasteiger partial charge in [0.1, 0.15) is 5.82 Å². The van der Waals surface area contributed by atoms with Crippen molar-refractivity contribution in [3.05, 3.63) is 59.9 Å². The third kappa shape index (κ3) is 1.72. The summed E-state index contributed by atoms with van der Waals surface area (Å²) in [4.78, 5) is 3.24. The van der Waals surface area contributed by atoms with Crippen LogP contribution in [0.15, 0.2) is 48.5 Å². The van der Waals surface area contributed by atoms with Crippen molar-refractivity contribution in [1.29, 1.82) is 0 Å². The fraction of sp³-hybridized carbons (Fsp3) is 0.0667. The van der Waals surface area contributed by atoms with E-state index >= 15 is 0 Å². The molecule has 0 saturated carbocycles. The lowest BCUT2D eigenvalue weighted by atomic mass is 10.1. The van der Waals surface area contributed by atoms with E-state index < -0.39 is 0 Å². The highest BCUT2D eigenvalue weighted by Crippen LogP contribution is 2.26. The van der Waals surface area contributed by atoms with Crippen LogP contribution in [0, 0.1) is 12.7 Å². The molecule has 0 aliphatic heterocycles. The van der Waals surface area contributed by atoms with Crippen molar-refractivity contribution >= 4 is 10.9 Å². The van der Waals surface area contributed by atoms with E-state index in [-0.39, 0.29) is 5.82 Å². The second-order valence-corrected chi connectivity index (χ2v) is 4.25. The number of hydrogen-bond acceptors (Lipinski definition) is 0. The molecule has 0 amide bonds. The summed E-state index contributed by atoms with van der Waals surface area (Å²) < 4.78 is 13.7. The SMILES string of the molecule is Cc1ccc2[nH]c(-c3ccccc3F)cc2c1. The maximum absolute atomic E-state index is 13.7. The summed E-state index contributed by atoms with van der Waals surface area (Å²) in [7, 11) is 0. The van der Waals surface area contributed by atoms with E-state index in [1.807, 2.05) is 24.3 Å². The summed E-state index contributed by atoms with van der Waals surface area (Å²) in [6.45, 7) is 2.05. The molecule has 0 fully saturated rings. The quantitative estimate of drug-likeness (QED) is 0.636. The monoisotopic (exact) mass is 225 g/mol. The summed E-state index contributed by atoms with van der Waals surface area (Å²) in [6, 6.07) is 15.0. The first kappa shape index (κ1) is 10.1. The van der Waals surface area contributed by atoms with Crippen LogP contribution in [0.3, 0.4) is 0 Å². The largest absolute Gasteiger partial charge is 0.354 e. The average Bonchev–Trinajstić information content (AvgIpc) is 2.72. The number of rotatable bonds is 1. The van der Waals surface area contributed by atoms with Crippen LogP contribution in [-0.2, 0) is 0 Å². The minimum atomic E-state index is -0.198. The number of hydrogen-bond donors (Lipinski definition) is 1. The van der Waals surface area contributed by atoms with Crippen LogP contribution in [0.5, 0.6) is 0 Å². The van der Waals surface area contributed by atoms with Crippen molar-refractivity contribution in [3.8, 4) is 11.3 Å². The lowest BCUT2D eigenvalue weighted by Crippen LogP contribution is -1.82. The first-order valence-electron chi connectivity index (χ1n) is 5.58. The standard InChI is InChI=1S/C15H12FN/c1-10-6-7-14-11(8-10)9-15(17-14)12-4-2-3-5-13(12)16/h2-9,17H,1H3. The van der Waals surface area contributed by atoms with Crippen molar-refractivity contribution in [2.24, 2.45) is 0 Å². The Balaban J connectivity index is 2.22. The fourth-order valence-electron chi connectivity index (χ4n) is 2.08. The summed E-state index contributed by atoms with van der Waals surface area (Å²) in [5.41, 5.74) is 3.68. The number of aryl methyl sites for hydroxylation is 1. The Morgan fingerprint density at radius 1 is 1.00 bits per heavy atom. The van der Waals surface area contributed by atoms with Gasteiger partial charge in [0.2, 0.25) is 0 Å². The Hall–Kier alpha value is -2.09. The molecular formula is C15H12FN. The zero-order valence-corrected chi connectivity index (χ0v) is 9.50. The van der Waals surface area contributed by atoms with Crippen LogP contribution in [-0.4, -0.2) is 4.98 Å². The highest BCUT2D eigenvalue weighted by Gasteiger charge is 2.07. The van der Waals surface area contributed by atoms with Gasteiger partial charge in [0.05, 0.1) is 0 Å². The molecule has 0 atom stereocenters. The second-order valence-electron chi connectivity index (χ2n) is 4.25. The third-order valence-electron chi connectivity index (χ3n) is 2.94. The summed E-state index contributed by atoms with van der Waals surface area (Å²) in [5.74, 6) is -0.198. The van der Waals surface area contributed by atoms with E-state index in [0.717, 1.165) is 16.6 Å². The fourth-order valence-corrected chi connectivity index (χ4v) is 2.08. The zero-order chi connectivity index (χ0) is 11.8. The molecule has 1 N–H and O–H groups in total. The molecule has 0 aliphatic carbocycles. The van der Waals surface area contributed by atoms with Gasteiger partial charge in [-0.3, -0.25) is 0 Å². The Morgan fingerprint density at radius 2 is 1.82 bits per heavy atom. The maximum atomic E-state index is 13.7. The molecule has 0 saturated heterocycles. The van der Waals surface area contributed by atoms with Crippen molar-refractivity contribution in [1.82, 2.24) is 4.98 Å². The number of nitrogens with one attached hydrogen (secondary N) is 1. The molecule has 2 aromatic carbocycles. The van der Waals surface area contributed by atoms with Crippen molar-refractivity contribution in [3.63, 3.8) is 0 Å². The summed E-state index contributed by atoms with van der Waals surface area (Å²) >= 11 is 0. The Morgan fingerprint density at radius 3 is 2.65 bits per heavy atom. The predicted octanol–water partition coefficient (Wildman–Crippen LogP) is 4.28. The van der Waals surface area contributed by atoms with Gasteiger partial charge < -0.3 is 4.98 Å². The van der Waals surface area contributed by atoms with Gasteiger partial charge in [-0.2, -0.15) is 0 Å². The molecule has 3 rings (SSSR count). The van der Waals surface area contributed by atoms with E-state index in [1.165, 1.54) is 11.6 Å². The third-order valence-corrected chi connectivity index (χ3v) is 2.94. The van der Waals surface area contributed by atoms with Gasteiger partial charge in [-0.1, -0.05) is 23.8 Å². The molecule has 84 valence electrons. The Kier molecular flexibility index (Phi) is 2.22. The molecule has 0 aliphatic rings. The second kappa shape index (κ2) is 3.74. The lowest BCUT2D eigenvalue weighted by Gasteiger charge is -1.98. The zero-order valence-electron chi connectivity index (χ0n) is 9.50. The van der Waals surface area contributed by atoms with Crippen molar-refractivity contribution < 1.29 is 4.39 Å².